The zero-order chi connectivity index (χ0) is 15.4. The molecule has 22 heavy (non-hydrogen) atoms. The Morgan fingerprint density at radius 3 is 2.82 bits per heavy atom. The number of aryl methyl sites for hydroxylation is 1. The van der Waals surface area contributed by atoms with Gasteiger partial charge in [0.2, 0.25) is 4.80 Å². The molecule has 3 nitrogen and oxygen atoms in total. The van der Waals surface area contributed by atoms with E-state index < -0.39 is 0 Å². The quantitative estimate of drug-likeness (QED) is 0.477. The van der Waals surface area contributed by atoms with Crippen LogP contribution < -0.4 is 4.80 Å². The van der Waals surface area contributed by atoms with Crippen molar-refractivity contribution in [3.8, 4) is 10.6 Å². The van der Waals surface area contributed by atoms with E-state index in [0.29, 0.717) is 6.54 Å². The van der Waals surface area contributed by atoms with Crippen LogP contribution in [0.4, 0.5) is 0 Å². The molecule has 0 aliphatic carbocycles. The number of thiophene rings is 2. The van der Waals surface area contributed by atoms with Crippen molar-refractivity contribution < 1.29 is 0 Å². The van der Waals surface area contributed by atoms with Gasteiger partial charge in [-0.15, -0.1) is 40.6 Å². The lowest BCUT2D eigenvalue weighted by Crippen LogP contribution is -2.12. The molecule has 0 unspecified atom stereocenters. The number of hydrogen-bond acceptors (Lipinski definition) is 5. The first-order chi connectivity index (χ1) is 10.8. The predicted octanol–water partition coefficient (Wildman–Crippen LogP) is 4.62. The molecule has 0 N–H and O–H groups in total. The van der Waals surface area contributed by atoms with Crippen molar-refractivity contribution in [3.63, 3.8) is 0 Å². The molecular weight excluding hydrogens is 330 g/mol. The lowest BCUT2D eigenvalue weighted by atomic mass is 10.3. The molecule has 0 spiro atoms. The normalized spacial score (nSPS) is 12.3. The molecule has 0 saturated carbocycles. The highest BCUT2D eigenvalue weighted by atomic mass is 32.1. The van der Waals surface area contributed by atoms with Gasteiger partial charge in [-0.3, -0.25) is 4.99 Å². The van der Waals surface area contributed by atoms with E-state index in [2.05, 4.69) is 57.9 Å². The fourth-order valence-electron chi connectivity index (χ4n) is 1.88. The van der Waals surface area contributed by atoms with E-state index in [1.54, 1.807) is 40.1 Å². The Labute approximate surface area is 141 Å². The van der Waals surface area contributed by atoms with Crippen molar-refractivity contribution >= 4 is 40.2 Å². The van der Waals surface area contributed by atoms with Crippen LogP contribution in [0.3, 0.4) is 0 Å². The Kier molecular flexibility index (Phi) is 4.82. The molecule has 0 aromatic carbocycles. The van der Waals surface area contributed by atoms with E-state index in [1.165, 1.54) is 15.3 Å². The van der Waals surface area contributed by atoms with E-state index >= 15 is 0 Å². The number of hydrogen-bond donors (Lipinski definition) is 0. The molecule has 3 aromatic rings. The lowest BCUT2D eigenvalue weighted by molar-refractivity contribution is 0.842. The third-order valence-corrected chi connectivity index (χ3v) is 5.71. The van der Waals surface area contributed by atoms with E-state index in [-0.39, 0.29) is 0 Å². The Morgan fingerprint density at radius 2 is 2.14 bits per heavy atom. The van der Waals surface area contributed by atoms with Gasteiger partial charge in [-0.2, -0.15) is 5.10 Å². The molecule has 0 radical (unpaired) electrons. The van der Waals surface area contributed by atoms with Crippen LogP contribution in [0.2, 0.25) is 0 Å². The smallest absolute Gasteiger partial charge is 0.206 e. The van der Waals surface area contributed by atoms with Crippen LogP contribution in [0.15, 0.2) is 57.1 Å². The molecule has 3 heterocycles. The van der Waals surface area contributed by atoms with E-state index in [4.69, 9.17) is 0 Å². The summed E-state index contributed by atoms with van der Waals surface area (Å²) in [5.41, 5.74) is 2.32. The van der Waals surface area contributed by atoms with Gasteiger partial charge in [0.25, 0.3) is 0 Å². The molecule has 0 aliphatic heterocycles. The van der Waals surface area contributed by atoms with Gasteiger partial charge in [-0.1, -0.05) is 12.1 Å². The molecule has 0 bridgehead atoms. The highest BCUT2D eigenvalue weighted by Gasteiger charge is 2.08. The van der Waals surface area contributed by atoms with Crippen LogP contribution in [0.25, 0.3) is 10.6 Å². The molecule has 0 fully saturated rings. The van der Waals surface area contributed by atoms with Crippen molar-refractivity contribution in [1.82, 2.24) is 4.68 Å². The first-order valence-corrected chi connectivity index (χ1v) is 9.37. The number of rotatable bonds is 5. The second kappa shape index (κ2) is 7.00. The van der Waals surface area contributed by atoms with Crippen LogP contribution in [0, 0.1) is 6.92 Å². The van der Waals surface area contributed by atoms with Gasteiger partial charge in [-0.25, -0.2) is 4.68 Å². The largest absolute Gasteiger partial charge is 0.253 e. The molecule has 3 aromatic heterocycles. The van der Waals surface area contributed by atoms with Crippen LogP contribution in [0.5, 0.6) is 0 Å². The average molecular weight is 346 g/mol. The van der Waals surface area contributed by atoms with Crippen molar-refractivity contribution in [3.05, 3.63) is 62.2 Å². The molecule has 3 rings (SSSR count). The maximum atomic E-state index is 4.67. The van der Waals surface area contributed by atoms with Crippen LogP contribution in [-0.4, -0.2) is 17.4 Å². The molecule has 6 heteroatoms. The van der Waals surface area contributed by atoms with Gasteiger partial charge < -0.3 is 0 Å². The van der Waals surface area contributed by atoms with Crippen molar-refractivity contribution in [2.45, 2.75) is 6.92 Å². The van der Waals surface area contributed by atoms with E-state index in [0.717, 1.165) is 10.5 Å². The third kappa shape index (κ3) is 3.19. The van der Waals surface area contributed by atoms with Crippen LogP contribution in [0.1, 0.15) is 10.4 Å². The maximum Gasteiger partial charge on any atom is 0.206 e. The zero-order valence-corrected chi connectivity index (χ0v) is 14.5. The van der Waals surface area contributed by atoms with Gasteiger partial charge in [-0.05, 0) is 35.4 Å². The Morgan fingerprint density at radius 1 is 1.23 bits per heavy atom. The predicted molar refractivity (Wildman–Crippen MR) is 98.3 cm³/mol. The van der Waals surface area contributed by atoms with Gasteiger partial charge in [0.05, 0.1) is 28.2 Å². The third-order valence-electron chi connectivity index (χ3n) is 3.01. The highest BCUT2D eigenvalue weighted by Crippen LogP contribution is 2.25. The average Bonchev–Trinajstić information content (AvgIpc) is 3.23. The summed E-state index contributed by atoms with van der Waals surface area (Å²) < 4.78 is 1.92. The topological polar surface area (TPSA) is 29.6 Å². The Hall–Kier alpha value is -1.76. The summed E-state index contributed by atoms with van der Waals surface area (Å²) in [5, 5.41) is 10.9. The summed E-state index contributed by atoms with van der Waals surface area (Å²) in [6, 6.07) is 6.26. The number of aromatic nitrogens is 1. The summed E-state index contributed by atoms with van der Waals surface area (Å²) >= 11 is 5.00. The lowest BCUT2D eigenvalue weighted by Gasteiger charge is -2.00. The summed E-state index contributed by atoms with van der Waals surface area (Å²) in [6.45, 7) is 6.42. The molecule has 0 atom stereocenters. The number of thiazole rings is 1. The van der Waals surface area contributed by atoms with Gasteiger partial charge in [0, 0.05) is 5.38 Å². The molecule has 112 valence electrons. The fourth-order valence-corrected chi connectivity index (χ4v) is 4.30. The van der Waals surface area contributed by atoms with Crippen molar-refractivity contribution in [1.29, 1.82) is 0 Å². The van der Waals surface area contributed by atoms with Crippen molar-refractivity contribution in [2.24, 2.45) is 10.1 Å². The van der Waals surface area contributed by atoms with Crippen LogP contribution in [-0.2, 0) is 0 Å². The van der Waals surface area contributed by atoms with Gasteiger partial charge >= 0.3 is 0 Å². The minimum absolute atomic E-state index is 0.595. The Balaban J connectivity index is 2.07. The summed E-state index contributed by atoms with van der Waals surface area (Å²) in [6.07, 6.45) is 3.71. The maximum absolute atomic E-state index is 4.67. The van der Waals surface area contributed by atoms with Gasteiger partial charge in [0.15, 0.2) is 0 Å². The van der Waals surface area contributed by atoms with Crippen LogP contribution >= 0.6 is 34.0 Å². The van der Waals surface area contributed by atoms with Crippen molar-refractivity contribution in [2.75, 3.05) is 6.54 Å². The zero-order valence-electron chi connectivity index (χ0n) is 12.1. The number of nitrogens with zero attached hydrogens (tertiary/aromatic N) is 3. The second-order valence-corrected chi connectivity index (χ2v) is 7.27. The fraction of sp³-hybridized carbons (Fsp3) is 0.125. The van der Waals surface area contributed by atoms with Gasteiger partial charge in [0.1, 0.15) is 0 Å². The summed E-state index contributed by atoms with van der Waals surface area (Å²) in [4.78, 5) is 7.78. The molecule has 0 aliphatic rings. The monoisotopic (exact) mass is 345 g/mol. The second-order valence-electron chi connectivity index (χ2n) is 4.53. The minimum Gasteiger partial charge on any atom is -0.253 e. The Bertz CT molecular complexity index is 847. The standard InChI is InChI=1S/C16H15N3S3/c1-3-7-17-16-19(18-10-15-12(2)6-9-21-15)13(11-22-16)14-5-4-8-20-14/h3-6,8-11H,1,7H2,2H3. The molecular formula is C16H15N3S3. The molecule has 0 saturated heterocycles. The van der Waals surface area contributed by atoms with E-state index in [1.807, 2.05) is 10.9 Å². The first-order valence-electron chi connectivity index (χ1n) is 6.74. The summed E-state index contributed by atoms with van der Waals surface area (Å²) in [5.74, 6) is 0. The summed E-state index contributed by atoms with van der Waals surface area (Å²) in [7, 11) is 0. The van der Waals surface area contributed by atoms with E-state index in [9.17, 15) is 0 Å². The SMILES string of the molecule is C=CCN=c1scc(-c2cccs2)n1N=Cc1sccc1C. The minimum atomic E-state index is 0.595. The molecule has 0 amide bonds. The highest BCUT2D eigenvalue weighted by molar-refractivity contribution is 7.14. The first kappa shape index (κ1) is 15.1.